The van der Waals surface area contributed by atoms with Gasteiger partial charge in [0, 0.05) is 14.7 Å². The number of carbonyl (C=O) groups is 2. The molecule has 2 rings (SSSR count). The molecule has 4 nitrogen and oxygen atoms in total. The molecule has 2 unspecified atom stereocenters. The number of hydrogen-bond acceptors (Lipinski definition) is 3. The Bertz CT molecular complexity index is 518. The molecule has 0 saturated carbocycles. The van der Waals surface area contributed by atoms with Crippen LogP contribution in [-0.4, -0.2) is 28.8 Å². The van der Waals surface area contributed by atoms with Gasteiger partial charge in [0.1, 0.15) is 12.1 Å². The molecule has 116 valence electrons. The lowest BCUT2D eigenvalue weighted by Gasteiger charge is -2.38. The molecule has 2 heterocycles. The van der Waals surface area contributed by atoms with Gasteiger partial charge in [-0.1, -0.05) is 26.7 Å². The van der Waals surface area contributed by atoms with Crippen LogP contribution in [-0.2, 0) is 16.1 Å². The standard InChI is InChI=1S/C15H21BrN2O2S/c1-3-5-12-15(20)18(8-11-7-10(16)9-21-11)13(6-4-2)14(19)17-12/h7,9,12-13H,3-6,8H2,1-2H3,(H,17,19). The average Bonchev–Trinajstić information content (AvgIpc) is 2.85. The third-order valence-electron chi connectivity index (χ3n) is 3.66. The number of hydrogen-bond donors (Lipinski definition) is 1. The van der Waals surface area contributed by atoms with Crippen molar-refractivity contribution in [2.45, 2.75) is 58.2 Å². The third-order valence-corrected chi connectivity index (χ3v) is 5.35. The molecule has 1 aromatic rings. The highest BCUT2D eigenvalue weighted by Crippen LogP contribution is 2.25. The van der Waals surface area contributed by atoms with Gasteiger partial charge in [-0.05, 0) is 34.8 Å². The highest BCUT2D eigenvalue weighted by Gasteiger charge is 2.39. The highest BCUT2D eigenvalue weighted by molar-refractivity contribution is 9.10. The van der Waals surface area contributed by atoms with Crippen molar-refractivity contribution >= 4 is 39.1 Å². The Morgan fingerprint density at radius 1 is 1.29 bits per heavy atom. The fourth-order valence-electron chi connectivity index (χ4n) is 2.66. The largest absolute Gasteiger partial charge is 0.343 e. The first-order valence-corrected chi connectivity index (χ1v) is 9.07. The second kappa shape index (κ2) is 7.40. The number of piperazine rings is 1. The molecule has 1 aromatic heterocycles. The van der Waals surface area contributed by atoms with Crippen LogP contribution < -0.4 is 5.32 Å². The Morgan fingerprint density at radius 3 is 2.57 bits per heavy atom. The molecular weight excluding hydrogens is 352 g/mol. The molecule has 1 saturated heterocycles. The lowest BCUT2D eigenvalue weighted by molar-refractivity contribution is -0.150. The van der Waals surface area contributed by atoms with E-state index in [0.717, 1.165) is 22.2 Å². The van der Waals surface area contributed by atoms with E-state index in [1.165, 1.54) is 0 Å². The molecule has 6 heteroatoms. The van der Waals surface area contributed by atoms with Crippen molar-refractivity contribution in [3.63, 3.8) is 0 Å². The Morgan fingerprint density at radius 2 is 2.00 bits per heavy atom. The predicted octanol–water partition coefficient (Wildman–Crippen LogP) is 3.31. The van der Waals surface area contributed by atoms with Crippen LogP contribution in [0, 0.1) is 0 Å². The Kier molecular flexibility index (Phi) is 5.81. The second-order valence-electron chi connectivity index (χ2n) is 5.35. The van der Waals surface area contributed by atoms with E-state index in [1.54, 1.807) is 16.2 Å². The molecule has 0 bridgehead atoms. The SMILES string of the molecule is CCCC1NC(=O)C(CCC)N(Cc2cc(Br)cs2)C1=O. The van der Waals surface area contributed by atoms with Gasteiger partial charge in [-0.3, -0.25) is 9.59 Å². The van der Waals surface area contributed by atoms with E-state index in [0.29, 0.717) is 19.4 Å². The van der Waals surface area contributed by atoms with Gasteiger partial charge in [0.05, 0.1) is 6.54 Å². The van der Waals surface area contributed by atoms with Crippen molar-refractivity contribution in [1.82, 2.24) is 10.2 Å². The fourth-order valence-corrected chi connectivity index (χ4v) is 4.11. The van der Waals surface area contributed by atoms with Crippen LogP contribution in [0.4, 0.5) is 0 Å². The summed E-state index contributed by atoms with van der Waals surface area (Å²) in [6.07, 6.45) is 3.18. The number of amides is 2. The Balaban J connectivity index is 2.20. The summed E-state index contributed by atoms with van der Waals surface area (Å²) in [5, 5.41) is 4.89. The van der Waals surface area contributed by atoms with Crippen LogP contribution in [0.5, 0.6) is 0 Å². The minimum atomic E-state index is -0.362. The summed E-state index contributed by atoms with van der Waals surface area (Å²) in [7, 11) is 0. The zero-order valence-electron chi connectivity index (χ0n) is 12.4. The van der Waals surface area contributed by atoms with Gasteiger partial charge < -0.3 is 10.2 Å². The first-order valence-electron chi connectivity index (χ1n) is 7.40. The van der Waals surface area contributed by atoms with E-state index >= 15 is 0 Å². The molecule has 0 radical (unpaired) electrons. The summed E-state index contributed by atoms with van der Waals surface area (Å²) < 4.78 is 1.02. The second-order valence-corrected chi connectivity index (χ2v) is 7.26. The molecule has 0 aliphatic carbocycles. The molecule has 1 N–H and O–H groups in total. The van der Waals surface area contributed by atoms with Crippen molar-refractivity contribution in [2.24, 2.45) is 0 Å². The summed E-state index contributed by atoms with van der Waals surface area (Å²) in [6, 6.07) is 1.32. The average molecular weight is 373 g/mol. The van der Waals surface area contributed by atoms with E-state index in [1.807, 2.05) is 25.3 Å². The Labute approximate surface area is 138 Å². The van der Waals surface area contributed by atoms with Crippen molar-refractivity contribution in [3.8, 4) is 0 Å². The Hall–Kier alpha value is -0.880. The number of thiophene rings is 1. The van der Waals surface area contributed by atoms with Crippen molar-refractivity contribution < 1.29 is 9.59 Å². The molecule has 1 aliphatic rings. The zero-order chi connectivity index (χ0) is 15.4. The number of nitrogens with one attached hydrogen (secondary N) is 1. The van der Waals surface area contributed by atoms with Gasteiger partial charge in [0.25, 0.3) is 0 Å². The monoisotopic (exact) mass is 372 g/mol. The van der Waals surface area contributed by atoms with Gasteiger partial charge >= 0.3 is 0 Å². The molecule has 21 heavy (non-hydrogen) atoms. The maximum atomic E-state index is 12.7. The maximum absolute atomic E-state index is 12.7. The van der Waals surface area contributed by atoms with Gasteiger partial charge in [-0.15, -0.1) is 11.3 Å². The summed E-state index contributed by atoms with van der Waals surface area (Å²) in [4.78, 5) is 27.8. The van der Waals surface area contributed by atoms with Gasteiger partial charge in [-0.25, -0.2) is 0 Å². The van der Waals surface area contributed by atoms with Gasteiger partial charge in [0.15, 0.2) is 0 Å². The summed E-state index contributed by atoms with van der Waals surface area (Å²) >= 11 is 5.04. The van der Waals surface area contributed by atoms with E-state index in [2.05, 4.69) is 21.2 Å². The lowest BCUT2D eigenvalue weighted by Crippen LogP contribution is -2.62. The fraction of sp³-hybridized carbons (Fsp3) is 0.600. The quantitative estimate of drug-likeness (QED) is 0.832. The summed E-state index contributed by atoms with van der Waals surface area (Å²) in [5.41, 5.74) is 0. The number of rotatable bonds is 6. The molecule has 0 spiro atoms. The van der Waals surface area contributed by atoms with Crippen LogP contribution in [0.15, 0.2) is 15.9 Å². The van der Waals surface area contributed by atoms with Crippen molar-refractivity contribution in [2.75, 3.05) is 0 Å². The molecular formula is C15H21BrN2O2S. The third kappa shape index (κ3) is 3.86. The van der Waals surface area contributed by atoms with Crippen LogP contribution in [0.3, 0.4) is 0 Å². The van der Waals surface area contributed by atoms with Crippen LogP contribution in [0.2, 0.25) is 0 Å². The lowest BCUT2D eigenvalue weighted by atomic mass is 10.0. The number of halogens is 1. The molecule has 0 aromatic carbocycles. The highest BCUT2D eigenvalue weighted by atomic mass is 79.9. The van der Waals surface area contributed by atoms with Crippen LogP contribution >= 0.6 is 27.3 Å². The van der Waals surface area contributed by atoms with Crippen molar-refractivity contribution in [1.29, 1.82) is 0 Å². The van der Waals surface area contributed by atoms with E-state index in [9.17, 15) is 9.59 Å². The van der Waals surface area contributed by atoms with E-state index < -0.39 is 0 Å². The first-order chi connectivity index (χ1) is 10.1. The van der Waals surface area contributed by atoms with Crippen LogP contribution in [0.1, 0.15) is 44.4 Å². The van der Waals surface area contributed by atoms with E-state index in [-0.39, 0.29) is 23.9 Å². The normalized spacial score (nSPS) is 22.5. The van der Waals surface area contributed by atoms with E-state index in [4.69, 9.17) is 0 Å². The summed E-state index contributed by atoms with van der Waals surface area (Å²) in [5.74, 6) is 0.0462. The summed E-state index contributed by atoms with van der Waals surface area (Å²) in [6.45, 7) is 4.58. The smallest absolute Gasteiger partial charge is 0.246 e. The molecule has 2 atom stereocenters. The molecule has 1 aliphatic heterocycles. The van der Waals surface area contributed by atoms with Crippen LogP contribution in [0.25, 0.3) is 0 Å². The first kappa shape index (κ1) is 16.5. The molecule has 2 amide bonds. The molecule has 1 fully saturated rings. The van der Waals surface area contributed by atoms with Crippen molar-refractivity contribution in [3.05, 3.63) is 20.8 Å². The maximum Gasteiger partial charge on any atom is 0.246 e. The zero-order valence-corrected chi connectivity index (χ0v) is 14.8. The minimum absolute atomic E-state index is 0.00878. The minimum Gasteiger partial charge on any atom is -0.343 e. The number of carbonyl (C=O) groups excluding carboxylic acids is 2. The van der Waals surface area contributed by atoms with Gasteiger partial charge in [0.2, 0.25) is 11.8 Å². The topological polar surface area (TPSA) is 49.4 Å². The predicted molar refractivity (Wildman–Crippen MR) is 88.1 cm³/mol. The van der Waals surface area contributed by atoms with Gasteiger partial charge in [-0.2, -0.15) is 0 Å². The number of nitrogens with zero attached hydrogens (tertiary/aromatic N) is 1.